The van der Waals surface area contributed by atoms with Gasteiger partial charge in [0, 0.05) is 12.6 Å². The van der Waals surface area contributed by atoms with Crippen LogP contribution in [-0.4, -0.2) is 41.2 Å². The molecule has 0 radical (unpaired) electrons. The molecule has 3 rings (SSSR count). The molecule has 0 saturated heterocycles. The second-order valence-corrected chi connectivity index (χ2v) is 7.87. The van der Waals surface area contributed by atoms with Crippen LogP contribution < -0.4 is 24.7 Å². The van der Waals surface area contributed by atoms with Crippen LogP contribution in [-0.2, 0) is 21.2 Å². The third-order valence-electron chi connectivity index (χ3n) is 4.24. The van der Waals surface area contributed by atoms with Crippen molar-refractivity contribution in [2.24, 2.45) is 5.14 Å². The molecule has 1 heterocycles. The van der Waals surface area contributed by atoms with E-state index in [9.17, 15) is 13.2 Å². The molecule has 0 aromatic heterocycles. The minimum Gasteiger partial charge on any atom is -0.493 e. The van der Waals surface area contributed by atoms with Crippen LogP contribution in [0.25, 0.3) is 6.08 Å². The zero-order valence-corrected chi connectivity index (χ0v) is 16.7. The van der Waals surface area contributed by atoms with Crippen molar-refractivity contribution in [3.63, 3.8) is 0 Å². The number of primary sulfonamides is 1. The van der Waals surface area contributed by atoms with Crippen molar-refractivity contribution in [3.8, 4) is 17.2 Å². The zero-order valence-electron chi connectivity index (χ0n) is 15.9. The van der Waals surface area contributed by atoms with Gasteiger partial charge in [-0.2, -0.15) is 0 Å². The normalized spacial score (nSPS) is 13.3. The van der Waals surface area contributed by atoms with Gasteiger partial charge in [-0.05, 0) is 47.9 Å². The summed E-state index contributed by atoms with van der Waals surface area (Å²) >= 11 is 0. The Morgan fingerprint density at radius 3 is 2.62 bits per heavy atom. The number of methoxy groups -OCH3 is 1. The van der Waals surface area contributed by atoms with Gasteiger partial charge in [-0.15, -0.1) is 0 Å². The average molecular weight is 418 g/mol. The van der Waals surface area contributed by atoms with Crippen LogP contribution in [0, 0.1) is 0 Å². The second kappa shape index (κ2) is 8.97. The average Bonchev–Trinajstić information content (AvgIpc) is 2.71. The van der Waals surface area contributed by atoms with E-state index in [4.69, 9.17) is 19.3 Å². The van der Waals surface area contributed by atoms with E-state index >= 15 is 0 Å². The molecular formula is C20H22N2O6S. The first-order valence-electron chi connectivity index (χ1n) is 8.92. The quantitative estimate of drug-likeness (QED) is 0.658. The molecule has 2 aromatic rings. The number of nitrogens with two attached hydrogens (primary N) is 1. The predicted octanol–water partition coefficient (Wildman–Crippen LogP) is 1.49. The number of hydrogen-bond acceptors (Lipinski definition) is 6. The smallest absolute Gasteiger partial charge is 0.244 e. The van der Waals surface area contributed by atoms with Crippen LogP contribution in [0.15, 0.2) is 47.4 Å². The number of amides is 1. The third kappa shape index (κ3) is 5.49. The molecule has 29 heavy (non-hydrogen) atoms. The standard InChI is InChI=1S/C20H22N2O6S/c1-26-17-12-15(13-18-20(17)28-11-10-27-18)4-7-19(23)22-9-8-14-2-5-16(6-3-14)29(21,24)25/h2-7,12-13H,8-11H2,1H3,(H,22,23)(H2,21,24,25)/b7-4+. The van der Waals surface area contributed by atoms with E-state index in [1.807, 2.05) is 0 Å². The lowest BCUT2D eigenvalue weighted by Gasteiger charge is -2.20. The fourth-order valence-corrected chi connectivity index (χ4v) is 3.31. The fraction of sp³-hybridized carbons (Fsp3) is 0.250. The van der Waals surface area contributed by atoms with Crippen molar-refractivity contribution in [1.29, 1.82) is 0 Å². The molecule has 154 valence electrons. The summed E-state index contributed by atoms with van der Waals surface area (Å²) in [5, 5.41) is 7.85. The number of hydrogen-bond donors (Lipinski definition) is 2. The van der Waals surface area contributed by atoms with Gasteiger partial charge in [-0.3, -0.25) is 4.79 Å². The van der Waals surface area contributed by atoms with Crippen LogP contribution in [0.2, 0.25) is 0 Å². The van der Waals surface area contributed by atoms with Gasteiger partial charge in [0.1, 0.15) is 13.2 Å². The van der Waals surface area contributed by atoms with Crippen LogP contribution in [0.1, 0.15) is 11.1 Å². The maximum Gasteiger partial charge on any atom is 0.244 e. The summed E-state index contributed by atoms with van der Waals surface area (Å²) < 4.78 is 38.9. The Morgan fingerprint density at radius 2 is 1.93 bits per heavy atom. The highest BCUT2D eigenvalue weighted by Crippen LogP contribution is 2.40. The molecule has 0 bridgehead atoms. The summed E-state index contributed by atoms with van der Waals surface area (Å²) in [6, 6.07) is 9.79. The van der Waals surface area contributed by atoms with E-state index in [0.717, 1.165) is 11.1 Å². The molecule has 0 spiro atoms. The topological polar surface area (TPSA) is 117 Å². The Morgan fingerprint density at radius 1 is 1.21 bits per heavy atom. The molecule has 9 heteroatoms. The van der Waals surface area contributed by atoms with Gasteiger partial charge < -0.3 is 19.5 Å². The van der Waals surface area contributed by atoms with E-state index in [1.165, 1.54) is 18.2 Å². The van der Waals surface area contributed by atoms with E-state index in [-0.39, 0.29) is 10.8 Å². The second-order valence-electron chi connectivity index (χ2n) is 6.31. The van der Waals surface area contributed by atoms with Crippen LogP contribution >= 0.6 is 0 Å². The number of benzene rings is 2. The molecule has 3 N–H and O–H groups in total. The molecule has 8 nitrogen and oxygen atoms in total. The Bertz CT molecular complexity index is 999. The van der Waals surface area contributed by atoms with E-state index < -0.39 is 10.0 Å². The predicted molar refractivity (Wildman–Crippen MR) is 108 cm³/mol. The highest BCUT2D eigenvalue weighted by Gasteiger charge is 2.17. The molecule has 1 amide bonds. The number of carbonyl (C=O) groups excluding carboxylic acids is 1. The monoisotopic (exact) mass is 418 g/mol. The lowest BCUT2D eigenvalue weighted by atomic mass is 10.1. The van der Waals surface area contributed by atoms with E-state index in [0.29, 0.717) is 43.4 Å². The van der Waals surface area contributed by atoms with Gasteiger partial charge >= 0.3 is 0 Å². The van der Waals surface area contributed by atoms with Gasteiger partial charge in [0.2, 0.25) is 21.7 Å². The highest BCUT2D eigenvalue weighted by atomic mass is 32.2. The first kappa shape index (κ1) is 20.7. The van der Waals surface area contributed by atoms with Crippen LogP contribution in [0.4, 0.5) is 0 Å². The molecule has 0 saturated carbocycles. The van der Waals surface area contributed by atoms with Gasteiger partial charge in [0.15, 0.2) is 11.5 Å². The van der Waals surface area contributed by atoms with Crippen molar-refractivity contribution in [3.05, 3.63) is 53.6 Å². The third-order valence-corrected chi connectivity index (χ3v) is 5.17. The van der Waals surface area contributed by atoms with Crippen molar-refractivity contribution in [1.82, 2.24) is 5.32 Å². The maximum atomic E-state index is 12.1. The maximum absolute atomic E-state index is 12.1. The van der Waals surface area contributed by atoms with Gasteiger partial charge in [0.25, 0.3) is 0 Å². The lowest BCUT2D eigenvalue weighted by Crippen LogP contribution is -2.23. The van der Waals surface area contributed by atoms with Crippen molar-refractivity contribution in [2.75, 3.05) is 26.9 Å². The molecule has 0 unspecified atom stereocenters. The first-order valence-corrected chi connectivity index (χ1v) is 10.5. The van der Waals surface area contributed by atoms with E-state index in [1.54, 1.807) is 37.5 Å². The van der Waals surface area contributed by atoms with Gasteiger partial charge in [-0.1, -0.05) is 12.1 Å². The summed E-state index contributed by atoms with van der Waals surface area (Å²) in [6.45, 7) is 1.33. The minimum atomic E-state index is -3.70. The zero-order chi connectivity index (χ0) is 20.9. The van der Waals surface area contributed by atoms with Gasteiger partial charge in [0.05, 0.1) is 12.0 Å². The summed E-state index contributed by atoms with van der Waals surface area (Å²) in [5.74, 6) is 1.44. The number of nitrogens with one attached hydrogen (secondary N) is 1. The fourth-order valence-electron chi connectivity index (χ4n) is 2.80. The van der Waals surface area contributed by atoms with E-state index in [2.05, 4.69) is 5.32 Å². The summed E-state index contributed by atoms with van der Waals surface area (Å²) in [4.78, 5) is 12.1. The number of rotatable bonds is 7. The Hall–Kier alpha value is -3.04. The first-order chi connectivity index (χ1) is 13.9. The van der Waals surface area contributed by atoms with Crippen LogP contribution in [0.5, 0.6) is 17.2 Å². The summed E-state index contributed by atoms with van der Waals surface area (Å²) in [7, 11) is -2.16. The summed E-state index contributed by atoms with van der Waals surface area (Å²) in [6.07, 6.45) is 3.65. The highest BCUT2D eigenvalue weighted by molar-refractivity contribution is 7.89. The molecule has 1 aliphatic rings. The van der Waals surface area contributed by atoms with Crippen molar-refractivity contribution >= 4 is 22.0 Å². The van der Waals surface area contributed by atoms with Crippen molar-refractivity contribution < 1.29 is 27.4 Å². The number of fused-ring (bicyclic) bond motifs is 1. The number of carbonyl (C=O) groups is 1. The lowest BCUT2D eigenvalue weighted by molar-refractivity contribution is -0.116. The largest absolute Gasteiger partial charge is 0.493 e. The van der Waals surface area contributed by atoms with Crippen molar-refractivity contribution in [2.45, 2.75) is 11.3 Å². The Kier molecular flexibility index (Phi) is 6.40. The molecule has 0 fully saturated rings. The Balaban J connectivity index is 1.55. The SMILES string of the molecule is COc1cc(/C=C/C(=O)NCCc2ccc(S(N)(=O)=O)cc2)cc2c1OCCO2. The molecule has 1 aliphatic heterocycles. The number of ether oxygens (including phenoxy) is 3. The molecule has 2 aromatic carbocycles. The van der Waals surface area contributed by atoms with Gasteiger partial charge in [-0.25, -0.2) is 13.6 Å². The minimum absolute atomic E-state index is 0.0584. The molecular weight excluding hydrogens is 396 g/mol. The Labute approximate surface area is 169 Å². The summed E-state index contributed by atoms with van der Waals surface area (Å²) in [5.41, 5.74) is 1.64. The molecule has 0 atom stereocenters. The molecule has 0 aliphatic carbocycles. The van der Waals surface area contributed by atoms with Crippen LogP contribution in [0.3, 0.4) is 0 Å². The number of sulfonamides is 1.